The predicted octanol–water partition coefficient (Wildman–Crippen LogP) is 5.32. The van der Waals surface area contributed by atoms with Crippen molar-refractivity contribution in [2.45, 2.75) is 46.6 Å². The van der Waals surface area contributed by atoms with Gasteiger partial charge in [0.15, 0.2) is 0 Å². The van der Waals surface area contributed by atoms with E-state index in [9.17, 15) is 4.79 Å². The molecule has 158 valence electrons. The number of nitrogens with zero attached hydrogens (tertiary/aromatic N) is 3. The Kier molecular flexibility index (Phi) is 6.26. The molecule has 0 unspecified atom stereocenters. The second-order valence-corrected chi connectivity index (χ2v) is 8.80. The molecule has 0 saturated carbocycles. The van der Waals surface area contributed by atoms with Crippen LogP contribution in [0.3, 0.4) is 0 Å². The van der Waals surface area contributed by atoms with Crippen molar-refractivity contribution in [3.8, 4) is 11.1 Å². The van der Waals surface area contributed by atoms with Gasteiger partial charge < -0.3 is 4.90 Å². The average Bonchev–Trinajstić information content (AvgIpc) is 2.77. The summed E-state index contributed by atoms with van der Waals surface area (Å²) in [7, 11) is 0. The van der Waals surface area contributed by atoms with Crippen LogP contribution in [0.1, 0.15) is 38.1 Å². The van der Waals surface area contributed by atoms with Crippen LogP contribution in [0.15, 0.2) is 41.2 Å². The zero-order valence-corrected chi connectivity index (χ0v) is 18.9. The summed E-state index contributed by atoms with van der Waals surface area (Å²) in [5.41, 5.74) is 3.98. The number of benzene rings is 2. The van der Waals surface area contributed by atoms with Gasteiger partial charge in [-0.1, -0.05) is 37.6 Å². The van der Waals surface area contributed by atoms with E-state index in [0.717, 1.165) is 59.1 Å². The lowest BCUT2D eigenvalue weighted by Crippen LogP contribution is -2.39. The van der Waals surface area contributed by atoms with Crippen LogP contribution in [0.5, 0.6) is 0 Å². The predicted molar refractivity (Wildman–Crippen MR) is 125 cm³/mol. The minimum atomic E-state index is 0.0815. The fraction of sp³-hybridized carbons (Fsp3) is 0.440. The van der Waals surface area contributed by atoms with Crippen LogP contribution in [0.2, 0.25) is 5.02 Å². The summed E-state index contributed by atoms with van der Waals surface area (Å²) in [5.74, 6) is 1.39. The molecule has 1 atom stereocenters. The number of aryl methyl sites for hydroxylation is 2. The third kappa shape index (κ3) is 4.17. The highest BCUT2D eigenvalue weighted by Crippen LogP contribution is 2.27. The van der Waals surface area contributed by atoms with Gasteiger partial charge in [-0.05, 0) is 79.7 Å². The SMILES string of the molecule is CCc1nc2ccc(-c3ccc(Cl)c(C)c3)cc2c(=O)n1C[C@H]1CCCN(CC)C1. The Balaban J connectivity index is 1.75. The maximum Gasteiger partial charge on any atom is 0.261 e. The quantitative estimate of drug-likeness (QED) is 0.557. The molecule has 0 radical (unpaired) electrons. The Bertz CT molecular complexity index is 1120. The minimum Gasteiger partial charge on any atom is -0.303 e. The summed E-state index contributed by atoms with van der Waals surface area (Å²) in [4.78, 5) is 20.9. The van der Waals surface area contributed by atoms with Crippen molar-refractivity contribution in [1.82, 2.24) is 14.5 Å². The second-order valence-electron chi connectivity index (χ2n) is 8.39. The van der Waals surface area contributed by atoms with Crippen molar-refractivity contribution in [3.63, 3.8) is 0 Å². The Hall–Kier alpha value is -2.17. The maximum absolute atomic E-state index is 13.5. The van der Waals surface area contributed by atoms with E-state index in [4.69, 9.17) is 16.6 Å². The monoisotopic (exact) mass is 423 g/mol. The summed E-state index contributed by atoms with van der Waals surface area (Å²) < 4.78 is 1.93. The lowest BCUT2D eigenvalue weighted by molar-refractivity contribution is 0.168. The molecule has 0 amide bonds. The fourth-order valence-corrected chi connectivity index (χ4v) is 4.69. The zero-order valence-electron chi connectivity index (χ0n) is 18.1. The lowest BCUT2D eigenvalue weighted by atomic mass is 9.97. The third-order valence-electron chi connectivity index (χ3n) is 6.33. The molecule has 1 aromatic heterocycles. The molecule has 0 bridgehead atoms. The van der Waals surface area contributed by atoms with E-state index in [1.54, 1.807) is 0 Å². The highest BCUT2D eigenvalue weighted by atomic mass is 35.5. The van der Waals surface area contributed by atoms with E-state index in [0.29, 0.717) is 11.3 Å². The van der Waals surface area contributed by atoms with Crippen LogP contribution in [-0.4, -0.2) is 34.1 Å². The number of piperidine rings is 1. The minimum absolute atomic E-state index is 0.0815. The maximum atomic E-state index is 13.5. The van der Waals surface area contributed by atoms with Crippen LogP contribution >= 0.6 is 11.6 Å². The number of fused-ring (bicyclic) bond motifs is 1. The number of likely N-dealkylation sites (tertiary alicyclic amines) is 1. The largest absolute Gasteiger partial charge is 0.303 e. The summed E-state index contributed by atoms with van der Waals surface area (Å²) in [6, 6.07) is 12.0. The van der Waals surface area contributed by atoms with Gasteiger partial charge in [0.05, 0.1) is 10.9 Å². The molecule has 30 heavy (non-hydrogen) atoms. The smallest absolute Gasteiger partial charge is 0.261 e. The van der Waals surface area contributed by atoms with Crippen LogP contribution in [-0.2, 0) is 13.0 Å². The number of hydrogen-bond acceptors (Lipinski definition) is 3. The first-order chi connectivity index (χ1) is 14.5. The second kappa shape index (κ2) is 8.91. The summed E-state index contributed by atoms with van der Waals surface area (Å²) >= 11 is 6.19. The van der Waals surface area contributed by atoms with Gasteiger partial charge >= 0.3 is 0 Å². The zero-order chi connectivity index (χ0) is 21.3. The first-order valence-electron chi connectivity index (χ1n) is 11.0. The van der Waals surface area contributed by atoms with Crippen molar-refractivity contribution >= 4 is 22.5 Å². The van der Waals surface area contributed by atoms with Gasteiger partial charge in [0, 0.05) is 24.5 Å². The van der Waals surface area contributed by atoms with Crippen molar-refractivity contribution in [3.05, 3.63) is 63.2 Å². The third-order valence-corrected chi connectivity index (χ3v) is 6.76. The van der Waals surface area contributed by atoms with Gasteiger partial charge in [0.1, 0.15) is 5.82 Å². The molecule has 5 heteroatoms. The van der Waals surface area contributed by atoms with E-state index in [2.05, 4.69) is 24.8 Å². The van der Waals surface area contributed by atoms with Gasteiger partial charge in [-0.2, -0.15) is 0 Å². The van der Waals surface area contributed by atoms with Crippen LogP contribution < -0.4 is 5.56 Å². The topological polar surface area (TPSA) is 38.1 Å². The standard InChI is InChI=1S/C25H30ClN3O/c1-4-24-27-23-11-9-20(19-8-10-22(26)17(3)13-19)14-21(23)25(30)29(24)16-18-7-6-12-28(5-2)15-18/h8-11,13-14,18H,4-7,12,15-16H2,1-3H3/t18-/m0/s1. The molecule has 1 saturated heterocycles. The van der Waals surface area contributed by atoms with E-state index in [-0.39, 0.29) is 5.56 Å². The number of halogens is 1. The first-order valence-corrected chi connectivity index (χ1v) is 11.4. The first kappa shape index (κ1) is 21.1. The molecule has 1 aliphatic rings. The van der Waals surface area contributed by atoms with Gasteiger partial charge in [-0.25, -0.2) is 4.98 Å². The van der Waals surface area contributed by atoms with Gasteiger partial charge in [-0.15, -0.1) is 0 Å². The number of rotatable bonds is 5. The van der Waals surface area contributed by atoms with Crippen molar-refractivity contribution in [2.75, 3.05) is 19.6 Å². The fourth-order valence-electron chi connectivity index (χ4n) is 4.57. The lowest BCUT2D eigenvalue weighted by Gasteiger charge is -2.32. The van der Waals surface area contributed by atoms with Crippen LogP contribution in [0.25, 0.3) is 22.0 Å². The Labute approximate surface area is 183 Å². The van der Waals surface area contributed by atoms with E-state index in [1.807, 2.05) is 41.8 Å². The Morgan fingerprint density at radius 3 is 2.63 bits per heavy atom. The van der Waals surface area contributed by atoms with Gasteiger partial charge in [0.2, 0.25) is 0 Å². The van der Waals surface area contributed by atoms with E-state index < -0.39 is 0 Å². The van der Waals surface area contributed by atoms with Gasteiger partial charge in [-0.3, -0.25) is 9.36 Å². The number of hydrogen-bond donors (Lipinski definition) is 0. The summed E-state index contributed by atoms with van der Waals surface area (Å²) in [6.45, 7) is 10.4. The molecule has 4 nitrogen and oxygen atoms in total. The average molecular weight is 424 g/mol. The molecule has 1 fully saturated rings. The van der Waals surface area contributed by atoms with Crippen molar-refractivity contribution < 1.29 is 0 Å². The van der Waals surface area contributed by atoms with Crippen molar-refractivity contribution in [1.29, 1.82) is 0 Å². The Morgan fingerprint density at radius 2 is 1.90 bits per heavy atom. The molecule has 2 heterocycles. The molecule has 4 rings (SSSR count). The Morgan fingerprint density at radius 1 is 1.13 bits per heavy atom. The molecule has 0 spiro atoms. The molecule has 1 aliphatic heterocycles. The highest BCUT2D eigenvalue weighted by Gasteiger charge is 2.21. The van der Waals surface area contributed by atoms with Crippen molar-refractivity contribution in [2.24, 2.45) is 5.92 Å². The molecule has 3 aromatic rings. The highest BCUT2D eigenvalue weighted by molar-refractivity contribution is 6.31. The van der Waals surface area contributed by atoms with Gasteiger partial charge in [0.25, 0.3) is 5.56 Å². The normalized spacial score (nSPS) is 17.5. The molecule has 0 aliphatic carbocycles. The van der Waals surface area contributed by atoms with Crippen LogP contribution in [0.4, 0.5) is 0 Å². The number of aromatic nitrogens is 2. The van der Waals surface area contributed by atoms with E-state index in [1.165, 1.54) is 19.4 Å². The van der Waals surface area contributed by atoms with E-state index >= 15 is 0 Å². The molecule has 0 N–H and O–H groups in total. The molecular formula is C25H30ClN3O. The molecule has 2 aromatic carbocycles. The molecular weight excluding hydrogens is 394 g/mol. The summed E-state index contributed by atoms with van der Waals surface area (Å²) in [6.07, 6.45) is 3.14. The van der Waals surface area contributed by atoms with Crippen LogP contribution in [0, 0.1) is 12.8 Å². The summed E-state index contributed by atoms with van der Waals surface area (Å²) in [5, 5.41) is 1.45.